The minimum atomic E-state index is -2.97. The summed E-state index contributed by atoms with van der Waals surface area (Å²) in [6.45, 7) is 6.79. The summed E-state index contributed by atoms with van der Waals surface area (Å²) in [7, 11) is -0.903. The van der Waals surface area contributed by atoms with E-state index in [9.17, 15) is 8.42 Å². The zero-order valence-electron chi connectivity index (χ0n) is 18.8. The average molecular weight is 563 g/mol. The van der Waals surface area contributed by atoms with Gasteiger partial charge in [0.05, 0.1) is 25.1 Å². The van der Waals surface area contributed by atoms with Crippen molar-refractivity contribution < 1.29 is 12.8 Å². The molecule has 1 aromatic heterocycles. The second-order valence-electron chi connectivity index (χ2n) is 7.68. The van der Waals surface area contributed by atoms with Crippen molar-refractivity contribution in [1.82, 2.24) is 15.5 Å². The van der Waals surface area contributed by atoms with Crippen LogP contribution >= 0.6 is 24.0 Å². The molecule has 2 N–H and O–H groups in total. The molecule has 0 radical (unpaired) electrons. The van der Waals surface area contributed by atoms with E-state index in [1.165, 1.54) is 11.8 Å². The lowest BCUT2D eigenvalue weighted by Crippen LogP contribution is -2.42. The fourth-order valence-electron chi connectivity index (χ4n) is 3.06. The van der Waals surface area contributed by atoms with Gasteiger partial charge in [-0.25, -0.2) is 13.4 Å². The van der Waals surface area contributed by atoms with Crippen molar-refractivity contribution in [2.45, 2.75) is 45.9 Å². The Morgan fingerprint density at radius 1 is 1.16 bits per heavy atom. The Morgan fingerprint density at radius 3 is 2.48 bits per heavy atom. The third kappa shape index (κ3) is 11.0. The van der Waals surface area contributed by atoms with Gasteiger partial charge >= 0.3 is 0 Å². The second-order valence-corrected chi connectivity index (χ2v) is 9.94. The normalized spacial score (nSPS) is 13.0. The minimum absolute atomic E-state index is 0. The second kappa shape index (κ2) is 13.7. The van der Waals surface area contributed by atoms with E-state index < -0.39 is 9.84 Å². The van der Waals surface area contributed by atoms with Crippen LogP contribution in [0.2, 0.25) is 0 Å². The molecule has 2 rings (SSSR count). The predicted octanol–water partition coefficient (Wildman–Crippen LogP) is 3.41. The Labute approximate surface area is 203 Å². The molecule has 0 spiro atoms. The van der Waals surface area contributed by atoms with Crippen LogP contribution in [0.25, 0.3) is 0 Å². The van der Waals surface area contributed by atoms with Crippen molar-refractivity contribution in [3.8, 4) is 0 Å². The molecule has 1 unspecified atom stereocenters. The lowest BCUT2D eigenvalue weighted by Gasteiger charge is -2.19. The van der Waals surface area contributed by atoms with Gasteiger partial charge in [-0.15, -0.1) is 24.0 Å². The van der Waals surface area contributed by atoms with Crippen molar-refractivity contribution >= 4 is 39.8 Å². The molecular weight excluding hydrogens is 527 g/mol. The van der Waals surface area contributed by atoms with Gasteiger partial charge in [0.2, 0.25) is 0 Å². The van der Waals surface area contributed by atoms with Gasteiger partial charge in [-0.1, -0.05) is 24.3 Å². The SMILES string of the molecule is CCNC(=NCc1ccccc1CN(C)Cc1ccco1)NC(C)CCS(C)(=O)=O.I. The van der Waals surface area contributed by atoms with Crippen LogP contribution in [0.15, 0.2) is 52.1 Å². The molecule has 0 aliphatic rings. The van der Waals surface area contributed by atoms with E-state index in [-0.39, 0.29) is 35.8 Å². The van der Waals surface area contributed by atoms with E-state index in [4.69, 9.17) is 9.41 Å². The van der Waals surface area contributed by atoms with Crippen molar-refractivity contribution in [1.29, 1.82) is 0 Å². The van der Waals surface area contributed by atoms with Crippen molar-refractivity contribution in [2.75, 3.05) is 25.6 Å². The maximum absolute atomic E-state index is 11.4. The molecule has 1 heterocycles. The molecule has 1 aromatic carbocycles. The van der Waals surface area contributed by atoms with Gasteiger partial charge < -0.3 is 15.1 Å². The topological polar surface area (TPSA) is 86.9 Å². The number of aliphatic imine (C=N–C) groups is 1. The van der Waals surface area contributed by atoms with Gasteiger partial charge in [0.1, 0.15) is 15.6 Å². The van der Waals surface area contributed by atoms with Gasteiger partial charge in [-0.3, -0.25) is 4.90 Å². The molecule has 2 aromatic rings. The average Bonchev–Trinajstić information content (AvgIpc) is 3.18. The molecule has 0 amide bonds. The fourth-order valence-corrected chi connectivity index (χ4v) is 3.84. The van der Waals surface area contributed by atoms with E-state index in [0.29, 0.717) is 18.9 Å². The van der Waals surface area contributed by atoms with E-state index >= 15 is 0 Å². The summed E-state index contributed by atoms with van der Waals surface area (Å²) >= 11 is 0. The first-order valence-electron chi connectivity index (χ1n) is 10.3. The highest BCUT2D eigenvalue weighted by Crippen LogP contribution is 2.14. The molecule has 174 valence electrons. The quantitative estimate of drug-likeness (QED) is 0.248. The van der Waals surface area contributed by atoms with E-state index in [2.05, 4.69) is 34.7 Å². The number of hydrogen-bond acceptors (Lipinski definition) is 5. The third-order valence-electron chi connectivity index (χ3n) is 4.62. The standard InChI is InChI=1S/C22H34N4O3S.HI/c1-5-23-22(25-18(2)12-14-30(4,27)28)24-15-19-9-6-7-10-20(19)16-26(3)17-21-11-8-13-29-21;/h6-11,13,18H,5,12,14-17H2,1-4H3,(H2,23,24,25);1H. The maximum Gasteiger partial charge on any atom is 0.191 e. The Morgan fingerprint density at radius 2 is 1.87 bits per heavy atom. The smallest absolute Gasteiger partial charge is 0.191 e. The Kier molecular flexibility index (Phi) is 12.2. The summed E-state index contributed by atoms with van der Waals surface area (Å²) < 4.78 is 28.2. The van der Waals surface area contributed by atoms with Crippen molar-refractivity contribution in [3.63, 3.8) is 0 Å². The molecule has 0 aliphatic carbocycles. The van der Waals surface area contributed by atoms with Crippen LogP contribution in [-0.4, -0.2) is 50.9 Å². The van der Waals surface area contributed by atoms with E-state index in [1.807, 2.05) is 38.1 Å². The van der Waals surface area contributed by atoms with Crippen LogP contribution in [0, 0.1) is 0 Å². The molecule has 0 aliphatic heterocycles. The van der Waals surface area contributed by atoms with Crippen LogP contribution in [0.3, 0.4) is 0 Å². The molecule has 0 fully saturated rings. The van der Waals surface area contributed by atoms with Crippen LogP contribution in [-0.2, 0) is 29.5 Å². The fraction of sp³-hybridized carbons (Fsp3) is 0.500. The predicted molar refractivity (Wildman–Crippen MR) is 137 cm³/mol. The summed E-state index contributed by atoms with van der Waals surface area (Å²) in [5, 5.41) is 6.54. The number of benzene rings is 1. The molecule has 7 nitrogen and oxygen atoms in total. The number of guanidine groups is 1. The number of nitrogens with zero attached hydrogens (tertiary/aromatic N) is 2. The highest BCUT2D eigenvalue weighted by atomic mass is 127. The number of rotatable bonds is 11. The van der Waals surface area contributed by atoms with Crippen molar-refractivity contribution in [2.24, 2.45) is 4.99 Å². The van der Waals surface area contributed by atoms with Gasteiger partial charge in [0.15, 0.2) is 5.96 Å². The van der Waals surface area contributed by atoms with Gasteiger partial charge in [0.25, 0.3) is 0 Å². The van der Waals surface area contributed by atoms with E-state index in [0.717, 1.165) is 31.0 Å². The lowest BCUT2D eigenvalue weighted by atomic mass is 10.1. The lowest BCUT2D eigenvalue weighted by molar-refractivity contribution is 0.287. The number of sulfone groups is 1. The summed E-state index contributed by atoms with van der Waals surface area (Å²) in [6, 6.07) is 12.2. The minimum Gasteiger partial charge on any atom is -0.468 e. The maximum atomic E-state index is 11.4. The number of hydrogen-bond donors (Lipinski definition) is 2. The number of halogens is 1. The Hall–Kier alpha value is -1.59. The summed E-state index contributed by atoms with van der Waals surface area (Å²) in [4.78, 5) is 6.93. The van der Waals surface area contributed by atoms with Crippen LogP contribution in [0.5, 0.6) is 0 Å². The number of nitrogens with one attached hydrogen (secondary N) is 2. The summed E-state index contributed by atoms with van der Waals surface area (Å²) in [6.07, 6.45) is 3.49. The first kappa shape index (κ1) is 27.4. The highest BCUT2D eigenvalue weighted by Gasteiger charge is 2.11. The van der Waals surface area contributed by atoms with Gasteiger partial charge in [-0.2, -0.15) is 0 Å². The first-order valence-corrected chi connectivity index (χ1v) is 12.3. The number of furan rings is 1. The zero-order chi connectivity index (χ0) is 22.0. The van der Waals surface area contributed by atoms with Crippen molar-refractivity contribution in [3.05, 3.63) is 59.5 Å². The van der Waals surface area contributed by atoms with Gasteiger partial charge in [-0.05, 0) is 50.6 Å². The molecular formula is C22H35IN4O3S. The zero-order valence-corrected chi connectivity index (χ0v) is 21.9. The van der Waals surface area contributed by atoms with Crippen LogP contribution < -0.4 is 10.6 Å². The molecule has 0 bridgehead atoms. The first-order chi connectivity index (χ1) is 14.3. The molecule has 9 heteroatoms. The highest BCUT2D eigenvalue weighted by molar-refractivity contribution is 14.0. The van der Waals surface area contributed by atoms with Crippen LogP contribution in [0.1, 0.15) is 37.2 Å². The third-order valence-corrected chi connectivity index (χ3v) is 5.60. The van der Waals surface area contributed by atoms with Crippen LogP contribution in [0.4, 0.5) is 0 Å². The molecule has 0 saturated carbocycles. The Bertz CT molecular complexity index is 901. The molecule has 1 atom stereocenters. The molecule has 0 saturated heterocycles. The summed E-state index contributed by atoms with van der Waals surface area (Å²) in [5.41, 5.74) is 2.38. The van der Waals surface area contributed by atoms with Gasteiger partial charge in [0, 0.05) is 25.4 Å². The van der Waals surface area contributed by atoms with E-state index in [1.54, 1.807) is 6.26 Å². The molecule has 31 heavy (non-hydrogen) atoms. The summed E-state index contributed by atoms with van der Waals surface area (Å²) in [5.74, 6) is 1.79. The monoisotopic (exact) mass is 562 g/mol. The largest absolute Gasteiger partial charge is 0.468 e. The Balaban J connectivity index is 0.00000480.